The molecule has 5 atom stereocenters. The Morgan fingerprint density at radius 3 is 2.70 bits per heavy atom. The van der Waals surface area contributed by atoms with Crippen molar-refractivity contribution in [2.24, 2.45) is 5.92 Å². The molecule has 0 spiro atoms. The van der Waals surface area contributed by atoms with Crippen molar-refractivity contribution >= 4 is 11.9 Å². The molecule has 2 heterocycles. The van der Waals surface area contributed by atoms with Gasteiger partial charge in [-0.05, 0) is 5.92 Å². The van der Waals surface area contributed by atoms with E-state index in [-0.39, 0.29) is 24.4 Å². The number of aliphatic hydroxyl groups excluding tert-OH is 1. The van der Waals surface area contributed by atoms with E-state index in [1.54, 1.807) is 0 Å². The molecule has 0 aromatic rings. The van der Waals surface area contributed by atoms with Gasteiger partial charge in [-0.25, -0.2) is 0 Å². The van der Waals surface area contributed by atoms with Gasteiger partial charge >= 0.3 is 5.97 Å². The van der Waals surface area contributed by atoms with Crippen LogP contribution in [0.5, 0.6) is 0 Å². The molecule has 2 aliphatic rings. The second-order valence-electron chi connectivity index (χ2n) is 5.64. The maximum atomic E-state index is 11.7. The maximum Gasteiger partial charge on any atom is 0.306 e. The third-order valence-electron chi connectivity index (χ3n) is 3.33. The lowest BCUT2D eigenvalue weighted by Gasteiger charge is -2.18. The SMILES string of the molecule is CC(=O)N[C@@H]1[C@H]2OC[C@@H](OC(=O)CC(C)C)[C@H]2O[C@@H]1O. The van der Waals surface area contributed by atoms with E-state index in [0.29, 0.717) is 6.42 Å². The van der Waals surface area contributed by atoms with Gasteiger partial charge in [0.15, 0.2) is 12.4 Å². The molecule has 0 aromatic heterocycles. The van der Waals surface area contributed by atoms with Crippen LogP contribution < -0.4 is 5.32 Å². The van der Waals surface area contributed by atoms with Gasteiger partial charge in [-0.2, -0.15) is 0 Å². The largest absolute Gasteiger partial charge is 0.457 e. The highest BCUT2D eigenvalue weighted by Crippen LogP contribution is 2.32. The minimum Gasteiger partial charge on any atom is -0.457 e. The number of rotatable bonds is 4. The van der Waals surface area contributed by atoms with E-state index >= 15 is 0 Å². The number of esters is 1. The van der Waals surface area contributed by atoms with Crippen LogP contribution in [0.2, 0.25) is 0 Å². The first-order valence-corrected chi connectivity index (χ1v) is 6.80. The molecule has 0 aliphatic carbocycles. The summed E-state index contributed by atoms with van der Waals surface area (Å²) in [5, 5.41) is 12.4. The highest BCUT2D eigenvalue weighted by Gasteiger charge is 2.54. The second-order valence-corrected chi connectivity index (χ2v) is 5.64. The van der Waals surface area contributed by atoms with E-state index in [9.17, 15) is 14.7 Å². The average Bonchev–Trinajstić information content (AvgIpc) is 2.80. The number of ether oxygens (including phenoxy) is 3. The molecular weight excluding hydrogens is 266 g/mol. The van der Waals surface area contributed by atoms with Crippen molar-refractivity contribution in [1.82, 2.24) is 5.32 Å². The molecule has 7 heteroatoms. The molecule has 114 valence electrons. The molecule has 2 saturated heterocycles. The summed E-state index contributed by atoms with van der Waals surface area (Å²) in [4.78, 5) is 22.8. The fraction of sp³-hybridized carbons (Fsp3) is 0.846. The highest BCUT2D eigenvalue weighted by molar-refractivity contribution is 5.73. The van der Waals surface area contributed by atoms with Crippen LogP contribution in [-0.4, -0.2) is 54.2 Å². The van der Waals surface area contributed by atoms with Crippen molar-refractivity contribution in [3.8, 4) is 0 Å². The number of nitrogens with one attached hydrogen (secondary N) is 1. The number of carbonyl (C=O) groups excluding carboxylic acids is 2. The molecule has 2 rings (SSSR count). The fourth-order valence-electron chi connectivity index (χ4n) is 2.53. The number of amides is 1. The van der Waals surface area contributed by atoms with Crippen LogP contribution >= 0.6 is 0 Å². The Labute approximate surface area is 117 Å². The molecule has 0 bridgehead atoms. The molecule has 0 aromatic carbocycles. The van der Waals surface area contributed by atoms with Crippen LogP contribution in [0.3, 0.4) is 0 Å². The molecule has 20 heavy (non-hydrogen) atoms. The van der Waals surface area contributed by atoms with Gasteiger partial charge in [0.2, 0.25) is 5.91 Å². The van der Waals surface area contributed by atoms with Gasteiger partial charge in [0.05, 0.1) is 6.61 Å². The zero-order chi connectivity index (χ0) is 14.9. The second kappa shape index (κ2) is 6.07. The standard InChI is InChI=1S/C13H21NO6/c1-6(2)4-9(16)19-8-5-18-12-10(14-7(3)15)13(17)20-11(8)12/h6,8,10-13,17H,4-5H2,1-3H3,(H,14,15)/t8-,10-,11-,12-,13+/m1/s1. The lowest BCUT2D eigenvalue weighted by molar-refractivity contribution is -0.165. The van der Waals surface area contributed by atoms with E-state index in [2.05, 4.69) is 5.32 Å². The van der Waals surface area contributed by atoms with E-state index in [1.807, 2.05) is 13.8 Å². The number of hydrogen-bond donors (Lipinski definition) is 2. The Morgan fingerprint density at radius 1 is 1.40 bits per heavy atom. The lowest BCUT2D eigenvalue weighted by atomic mass is 10.1. The normalized spacial score (nSPS) is 36.0. The first-order chi connectivity index (χ1) is 9.38. The zero-order valence-electron chi connectivity index (χ0n) is 11.9. The zero-order valence-corrected chi connectivity index (χ0v) is 11.9. The summed E-state index contributed by atoms with van der Waals surface area (Å²) in [5.41, 5.74) is 0. The Hall–Kier alpha value is -1.18. The summed E-state index contributed by atoms with van der Waals surface area (Å²) in [6.07, 6.45) is -2.41. The van der Waals surface area contributed by atoms with Crippen LogP contribution in [0.1, 0.15) is 27.2 Å². The summed E-state index contributed by atoms with van der Waals surface area (Å²) >= 11 is 0. The summed E-state index contributed by atoms with van der Waals surface area (Å²) in [7, 11) is 0. The number of hydrogen-bond acceptors (Lipinski definition) is 6. The molecular formula is C13H21NO6. The molecule has 2 fully saturated rings. The van der Waals surface area contributed by atoms with Gasteiger partial charge in [-0.3, -0.25) is 9.59 Å². The minimum atomic E-state index is -1.15. The van der Waals surface area contributed by atoms with Crippen molar-refractivity contribution < 1.29 is 28.9 Å². The van der Waals surface area contributed by atoms with Crippen molar-refractivity contribution in [3.05, 3.63) is 0 Å². The Kier molecular flexibility index (Phi) is 4.62. The van der Waals surface area contributed by atoms with Crippen LogP contribution in [0.25, 0.3) is 0 Å². The van der Waals surface area contributed by atoms with Crippen molar-refractivity contribution in [3.63, 3.8) is 0 Å². The molecule has 2 N–H and O–H groups in total. The first kappa shape index (κ1) is 15.2. The van der Waals surface area contributed by atoms with Crippen LogP contribution in [-0.2, 0) is 23.8 Å². The molecule has 0 unspecified atom stereocenters. The van der Waals surface area contributed by atoms with Gasteiger partial charge in [-0.15, -0.1) is 0 Å². The third-order valence-corrected chi connectivity index (χ3v) is 3.33. The summed E-state index contributed by atoms with van der Waals surface area (Å²) in [6, 6.07) is -0.633. The van der Waals surface area contributed by atoms with E-state index < -0.39 is 30.6 Å². The monoisotopic (exact) mass is 287 g/mol. The molecule has 7 nitrogen and oxygen atoms in total. The molecule has 2 aliphatic heterocycles. The summed E-state index contributed by atoms with van der Waals surface area (Å²) in [5.74, 6) is -0.375. The van der Waals surface area contributed by atoms with Gasteiger partial charge in [0.1, 0.15) is 18.2 Å². The third kappa shape index (κ3) is 3.28. The highest BCUT2D eigenvalue weighted by atomic mass is 16.7. The summed E-state index contributed by atoms with van der Waals surface area (Å²) in [6.45, 7) is 5.42. The quantitative estimate of drug-likeness (QED) is 0.681. The average molecular weight is 287 g/mol. The topological polar surface area (TPSA) is 94.1 Å². The Balaban J connectivity index is 1.94. The Bertz CT molecular complexity index is 385. The van der Waals surface area contributed by atoms with Crippen molar-refractivity contribution in [2.75, 3.05) is 6.61 Å². The van der Waals surface area contributed by atoms with Gasteiger partial charge in [-0.1, -0.05) is 13.8 Å². The van der Waals surface area contributed by atoms with Crippen molar-refractivity contribution in [1.29, 1.82) is 0 Å². The van der Waals surface area contributed by atoms with Gasteiger partial charge in [0.25, 0.3) is 0 Å². The first-order valence-electron chi connectivity index (χ1n) is 6.80. The minimum absolute atomic E-state index is 0.210. The number of carbonyl (C=O) groups is 2. The predicted octanol–water partition coefficient (Wildman–Crippen LogP) is -0.435. The van der Waals surface area contributed by atoms with E-state index in [4.69, 9.17) is 14.2 Å². The lowest BCUT2D eigenvalue weighted by Crippen LogP contribution is -2.46. The van der Waals surface area contributed by atoms with Crippen LogP contribution in [0, 0.1) is 5.92 Å². The van der Waals surface area contributed by atoms with Crippen molar-refractivity contribution in [2.45, 2.75) is 57.8 Å². The van der Waals surface area contributed by atoms with E-state index in [0.717, 1.165) is 0 Å². The van der Waals surface area contributed by atoms with Crippen LogP contribution in [0.4, 0.5) is 0 Å². The van der Waals surface area contributed by atoms with Crippen LogP contribution in [0.15, 0.2) is 0 Å². The predicted molar refractivity (Wildman–Crippen MR) is 67.6 cm³/mol. The smallest absolute Gasteiger partial charge is 0.306 e. The number of aliphatic hydroxyl groups is 1. The number of fused-ring (bicyclic) bond motifs is 1. The fourth-order valence-corrected chi connectivity index (χ4v) is 2.53. The summed E-state index contributed by atoms with van der Waals surface area (Å²) < 4.78 is 16.2. The Morgan fingerprint density at radius 2 is 2.10 bits per heavy atom. The van der Waals surface area contributed by atoms with Gasteiger partial charge < -0.3 is 24.6 Å². The molecule has 0 saturated carbocycles. The molecule has 1 amide bonds. The molecule has 0 radical (unpaired) electrons. The van der Waals surface area contributed by atoms with E-state index in [1.165, 1.54) is 6.92 Å². The maximum absolute atomic E-state index is 11.7. The van der Waals surface area contributed by atoms with Gasteiger partial charge in [0, 0.05) is 13.3 Å².